The normalized spacial score (nSPS) is 18.6. The van der Waals surface area contributed by atoms with E-state index in [9.17, 15) is 4.79 Å². The summed E-state index contributed by atoms with van der Waals surface area (Å²) < 4.78 is 0. The number of benzene rings is 1. The lowest BCUT2D eigenvalue weighted by atomic mass is 9.77. The van der Waals surface area contributed by atoms with Gasteiger partial charge in [0, 0.05) is 11.8 Å². The third-order valence-electron chi connectivity index (χ3n) is 3.23. The molecule has 0 heterocycles. The molecule has 0 bridgehead atoms. The van der Waals surface area contributed by atoms with Crippen molar-refractivity contribution in [2.24, 2.45) is 5.92 Å². The molecule has 1 aliphatic carbocycles. The number of Topliss-reactive ketones (excluding diaryl/α,β-unsaturated/α-hetero) is 1. The molecule has 0 amide bonds. The topological polar surface area (TPSA) is 17.1 Å². The molecule has 2 rings (SSSR count). The van der Waals surface area contributed by atoms with Crippen molar-refractivity contribution in [3.8, 4) is 0 Å². The number of rotatable bonds is 3. The Morgan fingerprint density at radius 3 is 2.43 bits per heavy atom. The maximum absolute atomic E-state index is 11.9. The quantitative estimate of drug-likeness (QED) is 0.712. The van der Waals surface area contributed by atoms with Gasteiger partial charge in [0.2, 0.25) is 0 Å². The molecule has 0 spiro atoms. The molecule has 1 saturated carbocycles. The molecule has 0 N–H and O–H groups in total. The van der Waals surface area contributed by atoms with Crippen molar-refractivity contribution in [1.29, 1.82) is 0 Å². The van der Waals surface area contributed by atoms with Gasteiger partial charge in [-0.1, -0.05) is 43.7 Å². The van der Waals surface area contributed by atoms with Crippen LogP contribution in [0.4, 0.5) is 0 Å². The van der Waals surface area contributed by atoms with E-state index in [1.165, 1.54) is 6.42 Å². The summed E-state index contributed by atoms with van der Waals surface area (Å²) in [5.74, 6) is 0.870. The van der Waals surface area contributed by atoms with Gasteiger partial charge in [0.15, 0.2) is 0 Å². The maximum atomic E-state index is 11.9. The van der Waals surface area contributed by atoms with E-state index in [1.807, 2.05) is 37.3 Å². The molecule has 1 atom stereocenters. The fourth-order valence-corrected chi connectivity index (χ4v) is 1.95. The van der Waals surface area contributed by atoms with Crippen LogP contribution < -0.4 is 0 Å². The average Bonchev–Trinajstić information content (AvgIpc) is 2.15. The number of hydrogen-bond acceptors (Lipinski definition) is 1. The summed E-state index contributed by atoms with van der Waals surface area (Å²) >= 11 is 0. The van der Waals surface area contributed by atoms with Gasteiger partial charge in [0.25, 0.3) is 0 Å². The van der Waals surface area contributed by atoms with E-state index < -0.39 is 0 Å². The van der Waals surface area contributed by atoms with Crippen LogP contribution in [0.15, 0.2) is 30.3 Å². The van der Waals surface area contributed by atoms with Crippen molar-refractivity contribution in [3.63, 3.8) is 0 Å². The first-order valence-corrected chi connectivity index (χ1v) is 5.37. The van der Waals surface area contributed by atoms with E-state index in [-0.39, 0.29) is 5.92 Å². The summed E-state index contributed by atoms with van der Waals surface area (Å²) in [5.41, 5.74) is 1.16. The molecule has 0 aliphatic heterocycles. The molecule has 0 radical (unpaired) electrons. The molecule has 14 heavy (non-hydrogen) atoms. The zero-order chi connectivity index (χ0) is 9.97. The summed E-state index contributed by atoms with van der Waals surface area (Å²) in [6.07, 6.45) is 3.45. The average molecular weight is 188 g/mol. The van der Waals surface area contributed by atoms with Crippen LogP contribution in [0.5, 0.6) is 0 Å². The van der Waals surface area contributed by atoms with Crippen LogP contribution in [0.25, 0.3) is 0 Å². The summed E-state index contributed by atoms with van der Waals surface area (Å²) in [7, 11) is 0. The molecule has 0 saturated heterocycles. The zero-order valence-corrected chi connectivity index (χ0v) is 8.57. The van der Waals surface area contributed by atoms with Crippen molar-refractivity contribution in [2.45, 2.75) is 32.1 Å². The molecule has 1 aliphatic rings. The van der Waals surface area contributed by atoms with Gasteiger partial charge in [-0.25, -0.2) is 0 Å². The Morgan fingerprint density at radius 1 is 1.29 bits per heavy atom. The fourth-order valence-electron chi connectivity index (χ4n) is 1.95. The van der Waals surface area contributed by atoms with Crippen molar-refractivity contribution in [3.05, 3.63) is 35.9 Å². The van der Waals surface area contributed by atoms with Crippen LogP contribution in [-0.4, -0.2) is 5.78 Å². The molecule has 1 unspecified atom stereocenters. The Kier molecular flexibility index (Phi) is 2.67. The number of ketones is 1. The molecular weight excluding hydrogens is 172 g/mol. The summed E-state index contributed by atoms with van der Waals surface area (Å²) in [4.78, 5) is 11.9. The second-order valence-corrected chi connectivity index (χ2v) is 4.16. The highest BCUT2D eigenvalue weighted by atomic mass is 16.1. The van der Waals surface area contributed by atoms with Gasteiger partial charge < -0.3 is 0 Å². The highest BCUT2D eigenvalue weighted by Crippen LogP contribution is 2.32. The van der Waals surface area contributed by atoms with Gasteiger partial charge in [-0.2, -0.15) is 0 Å². The standard InChI is InChI=1S/C13H16O/c1-10(11-6-3-2-4-7-11)13(14)12-8-5-9-12/h2-4,6-7,10,12H,5,8-9H2,1H3. The summed E-state index contributed by atoms with van der Waals surface area (Å²) in [6.45, 7) is 2.02. The SMILES string of the molecule is CC(C(=O)C1CCC1)c1ccccc1. The molecule has 0 aromatic heterocycles. The number of carbonyl (C=O) groups is 1. The lowest BCUT2D eigenvalue weighted by Gasteiger charge is -2.26. The Balaban J connectivity index is 2.07. The van der Waals surface area contributed by atoms with E-state index in [4.69, 9.17) is 0 Å². The van der Waals surface area contributed by atoms with E-state index >= 15 is 0 Å². The second-order valence-electron chi connectivity index (χ2n) is 4.16. The lowest BCUT2D eigenvalue weighted by Crippen LogP contribution is -2.26. The summed E-state index contributed by atoms with van der Waals surface area (Å²) in [5, 5.41) is 0. The van der Waals surface area contributed by atoms with Crippen molar-refractivity contribution in [2.75, 3.05) is 0 Å². The second kappa shape index (κ2) is 3.95. The molecule has 1 nitrogen and oxygen atoms in total. The van der Waals surface area contributed by atoms with Crippen LogP contribution in [0, 0.1) is 5.92 Å². The largest absolute Gasteiger partial charge is 0.299 e. The van der Waals surface area contributed by atoms with Gasteiger partial charge in [-0.3, -0.25) is 4.79 Å². The van der Waals surface area contributed by atoms with Gasteiger partial charge in [0.1, 0.15) is 5.78 Å². The minimum atomic E-state index is 0.0847. The van der Waals surface area contributed by atoms with Crippen LogP contribution in [0.3, 0.4) is 0 Å². The fraction of sp³-hybridized carbons (Fsp3) is 0.462. The highest BCUT2D eigenvalue weighted by molar-refractivity contribution is 5.88. The first-order valence-electron chi connectivity index (χ1n) is 5.37. The van der Waals surface area contributed by atoms with Crippen LogP contribution >= 0.6 is 0 Å². The smallest absolute Gasteiger partial charge is 0.143 e. The molecule has 1 fully saturated rings. The van der Waals surface area contributed by atoms with Gasteiger partial charge in [0.05, 0.1) is 0 Å². The Labute approximate surface area is 85.1 Å². The van der Waals surface area contributed by atoms with Gasteiger partial charge >= 0.3 is 0 Å². The third-order valence-corrected chi connectivity index (χ3v) is 3.23. The van der Waals surface area contributed by atoms with Crippen LogP contribution in [0.2, 0.25) is 0 Å². The van der Waals surface area contributed by atoms with Crippen molar-refractivity contribution in [1.82, 2.24) is 0 Å². The van der Waals surface area contributed by atoms with E-state index in [2.05, 4.69) is 0 Å². The van der Waals surface area contributed by atoms with E-state index in [1.54, 1.807) is 0 Å². The molecule has 1 aromatic carbocycles. The van der Waals surface area contributed by atoms with Crippen LogP contribution in [-0.2, 0) is 4.79 Å². The minimum Gasteiger partial charge on any atom is -0.299 e. The van der Waals surface area contributed by atoms with E-state index in [0.717, 1.165) is 18.4 Å². The Hall–Kier alpha value is -1.11. The molecule has 1 aromatic rings. The third kappa shape index (κ3) is 1.72. The van der Waals surface area contributed by atoms with Crippen LogP contribution in [0.1, 0.15) is 37.7 Å². The van der Waals surface area contributed by atoms with Crippen molar-refractivity contribution >= 4 is 5.78 Å². The van der Waals surface area contributed by atoms with E-state index in [0.29, 0.717) is 11.7 Å². The molecule has 74 valence electrons. The lowest BCUT2D eigenvalue weighted by molar-refractivity contribution is -0.126. The first kappa shape index (κ1) is 9.45. The summed E-state index contributed by atoms with van der Waals surface area (Å²) in [6, 6.07) is 10.1. The van der Waals surface area contributed by atoms with Gasteiger partial charge in [-0.15, -0.1) is 0 Å². The highest BCUT2D eigenvalue weighted by Gasteiger charge is 2.29. The Bertz CT molecular complexity index is 311. The zero-order valence-electron chi connectivity index (χ0n) is 8.57. The van der Waals surface area contributed by atoms with Crippen molar-refractivity contribution < 1.29 is 4.79 Å². The maximum Gasteiger partial charge on any atom is 0.143 e. The molecular formula is C13H16O. The Morgan fingerprint density at radius 2 is 1.93 bits per heavy atom. The number of hydrogen-bond donors (Lipinski definition) is 0. The first-order chi connectivity index (χ1) is 6.79. The molecule has 1 heteroatoms. The number of carbonyl (C=O) groups excluding carboxylic acids is 1. The minimum absolute atomic E-state index is 0.0847. The van der Waals surface area contributed by atoms with Gasteiger partial charge in [-0.05, 0) is 18.4 Å². The monoisotopic (exact) mass is 188 g/mol. The predicted molar refractivity (Wildman–Crippen MR) is 57.2 cm³/mol. The predicted octanol–water partition coefficient (Wildman–Crippen LogP) is 3.16.